The number of nitrogens with zero attached hydrogens (tertiary/aromatic N) is 1. The van der Waals surface area contributed by atoms with Crippen LogP contribution in [0.25, 0.3) is 0 Å². The van der Waals surface area contributed by atoms with E-state index in [0.717, 1.165) is 5.56 Å². The molecule has 1 aromatic heterocycles. The Hall–Kier alpha value is -1.17. The van der Waals surface area contributed by atoms with E-state index in [9.17, 15) is 10.2 Å². The SMILES string of the molecule is CC(C)Oc1ncccc1CNCC(C)(CO)CO. The lowest BCUT2D eigenvalue weighted by Crippen LogP contribution is -2.37. The van der Waals surface area contributed by atoms with Crippen LogP contribution in [-0.2, 0) is 6.54 Å². The molecule has 1 heterocycles. The van der Waals surface area contributed by atoms with Gasteiger partial charge in [-0.05, 0) is 19.9 Å². The van der Waals surface area contributed by atoms with Crippen molar-refractivity contribution in [2.45, 2.75) is 33.4 Å². The number of pyridine rings is 1. The highest BCUT2D eigenvalue weighted by Crippen LogP contribution is 2.17. The second kappa shape index (κ2) is 7.43. The van der Waals surface area contributed by atoms with Gasteiger partial charge in [0, 0.05) is 30.3 Å². The Bertz CT molecular complexity index is 379. The summed E-state index contributed by atoms with van der Waals surface area (Å²) in [6.07, 6.45) is 1.78. The number of ether oxygens (including phenoxy) is 1. The van der Waals surface area contributed by atoms with E-state index in [4.69, 9.17) is 4.74 Å². The fourth-order valence-corrected chi connectivity index (χ4v) is 1.55. The molecule has 0 bridgehead atoms. The van der Waals surface area contributed by atoms with Crippen molar-refractivity contribution in [3.05, 3.63) is 23.9 Å². The van der Waals surface area contributed by atoms with Gasteiger partial charge in [0.25, 0.3) is 0 Å². The average Bonchev–Trinajstić information content (AvgIpc) is 2.40. The lowest BCUT2D eigenvalue weighted by Gasteiger charge is -2.25. The van der Waals surface area contributed by atoms with Crippen LogP contribution in [-0.4, -0.2) is 41.1 Å². The number of nitrogens with one attached hydrogen (secondary N) is 1. The summed E-state index contributed by atoms with van der Waals surface area (Å²) in [6, 6.07) is 3.81. The third kappa shape index (κ3) is 5.14. The third-order valence-corrected chi connectivity index (χ3v) is 2.83. The van der Waals surface area contributed by atoms with Gasteiger partial charge < -0.3 is 20.3 Å². The fourth-order valence-electron chi connectivity index (χ4n) is 1.55. The van der Waals surface area contributed by atoms with Gasteiger partial charge in [0.15, 0.2) is 0 Å². The Kier molecular flexibility index (Phi) is 6.21. The van der Waals surface area contributed by atoms with Gasteiger partial charge in [-0.1, -0.05) is 13.0 Å². The summed E-state index contributed by atoms with van der Waals surface area (Å²) in [5.41, 5.74) is 0.454. The minimum Gasteiger partial charge on any atom is -0.475 e. The molecule has 3 N–H and O–H groups in total. The molecular weight excluding hydrogens is 244 g/mol. The molecule has 1 rings (SSSR count). The molecule has 0 radical (unpaired) electrons. The molecule has 0 saturated carbocycles. The second-order valence-electron chi connectivity index (χ2n) is 5.36. The summed E-state index contributed by atoms with van der Waals surface area (Å²) in [6.45, 7) is 6.75. The van der Waals surface area contributed by atoms with Crippen molar-refractivity contribution in [3.63, 3.8) is 0 Å². The van der Waals surface area contributed by atoms with Gasteiger partial charge in [0.05, 0.1) is 19.3 Å². The van der Waals surface area contributed by atoms with Gasteiger partial charge in [-0.15, -0.1) is 0 Å². The molecule has 0 aromatic carbocycles. The Morgan fingerprint density at radius 3 is 2.63 bits per heavy atom. The molecule has 108 valence electrons. The highest BCUT2D eigenvalue weighted by Gasteiger charge is 2.21. The number of aliphatic hydroxyl groups is 2. The summed E-state index contributed by atoms with van der Waals surface area (Å²) in [5.74, 6) is 0.625. The first-order chi connectivity index (χ1) is 9.00. The summed E-state index contributed by atoms with van der Waals surface area (Å²) >= 11 is 0. The highest BCUT2D eigenvalue weighted by atomic mass is 16.5. The Morgan fingerprint density at radius 2 is 2.05 bits per heavy atom. The lowest BCUT2D eigenvalue weighted by molar-refractivity contribution is 0.0694. The number of hydrogen-bond acceptors (Lipinski definition) is 5. The van der Waals surface area contributed by atoms with E-state index in [0.29, 0.717) is 19.0 Å². The van der Waals surface area contributed by atoms with Crippen LogP contribution in [0.3, 0.4) is 0 Å². The summed E-state index contributed by atoms with van der Waals surface area (Å²) in [7, 11) is 0. The standard InChI is InChI=1S/C14H24N2O3/c1-11(2)19-13-12(5-4-6-16-13)7-15-8-14(3,9-17)10-18/h4-6,11,15,17-18H,7-10H2,1-3H3. The minimum atomic E-state index is -0.513. The van der Waals surface area contributed by atoms with E-state index < -0.39 is 5.41 Å². The highest BCUT2D eigenvalue weighted by molar-refractivity contribution is 5.25. The fraction of sp³-hybridized carbons (Fsp3) is 0.643. The van der Waals surface area contributed by atoms with Gasteiger partial charge in [-0.2, -0.15) is 0 Å². The molecule has 19 heavy (non-hydrogen) atoms. The largest absolute Gasteiger partial charge is 0.475 e. The van der Waals surface area contributed by atoms with Crippen molar-refractivity contribution in [1.82, 2.24) is 10.3 Å². The number of hydrogen-bond donors (Lipinski definition) is 3. The van der Waals surface area contributed by atoms with E-state index in [1.165, 1.54) is 0 Å². The van der Waals surface area contributed by atoms with Gasteiger partial charge >= 0.3 is 0 Å². The van der Waals surface area contributed by atoms with E-state index in [1.807, 2.05) is 32.9 Å². The summed E-state index contributed by atoms with van der Waals surface area (Å²) in [4.78, 5) is 4.21. The van der Waals surface area contributed by atoms with Crippen LogP contribution in [0, 0.1) is 5.41 Å². The molecule has 5 heteroatoms. The number of aromatic nitrogens is 1. The zero-order valence-corrected chi connectivity index (χ0v) is 11.9. The molecule has 0 unspecified atom stereocenters. The third-order valence-electron chi connectivity index (χ3n) is 2.83. The minimum absolute atomic E-state index is 0.0567. The Morgan fingerprint density at radius 1 is 1.37 bits per heavy atom. The average molecular weight is 268 g/mol. The molecule has 0 aliphatic rings. The molecular formula is C14H24N2O3. The molecule has 0 amide bonds. The second-order valence-corrected chi connectivity index (χ2v) is 5.36. The van der Waals surface area contributed by atoms with Gasteiger partial charge in [-0.3, -0.25) is 0 Å². The van der Waals surface area contributed by atoms with Crippen molar-refractivity contribution >= 4 is 0 Å². The van der Waals surface area contributed by atoms with E-state index in [1.54, 1.807) is 6.20 Å². The van der Waals surface area contributed by atoms with Gasteiger partial charge in [-0.25, -0.2) is 4.98 Å². The smallest absolute Gasteiger partial charge is 0.218 e. The Balaban J connectivity index is 2.58. The maximum Gasteiger partial charge on any atom is 0.218 e. The van der Waals surface area contributed by atoms with Crippen LogP contribution in [0.15, 0.2) is 18.3 Å². The van der Waals surface area contributed by atoms with E-state index in [2.05, 4.69) is 10.3 Å². The van der Waals surface area contributed by atoms with Crippen molar-refractivity contribution in [2.75, 3.05) is 19.8 Å². The molecule has 5 nitrogen and oxygen atoms in total. The first-order valence-corrected chi connectivity index (χ1v) is 6.54. The first-order valence-electron chi connectivity index (χ1n) is 6.54. The van der Waals surface area contributed by atoms with E-state index in [-0.39, 0.29) is 19.3 Å². The predicted molar refractivity (Wildman–Crippen MR) is 74.0 cm³/mol. The van der Waals surface area contributed by atoms with Crippen molar-refractivity contribution in [3.8, 4) is 5.88 Å². The Labute approximate surface area is 114 Å². The van der Waals surface area contributed by atoms with Crippen LogP contribution < -0.4 is 10.1 Å². The lowest BCUT2D eigenvalue weighted by atomic mass is 9.93. The normalized spacial score (nSPS) is 11.9. The van der Waals surface area contributed by atoms with Gasteiger partial charge in [0.2, 0.25) is 5.88 Å². The van der Waals surface area contributed by atoms with Crippen LogP contribution in [0.1, 0.15) is 26.3 Å². The molecule has 0 atom stereocenters. The van der Waals surface area contributed by atoms with Crippen molar-refractivity contribution in [2.24, 2.45) is 5.41 Å². The van der Waals surface area contributed by atoms with E-state index >= 15 is 0 Å². The van der Waals surface area contributed by atoms with Crippen LogP contribution >= 0.6 is 0 Å². The zero-order chi connectivity index (χ0) is 14.3. The summed E-state index contributed by atoms with van der Waals surface area (Å²) < 4.78 is 5.63. The monoisotopic (exact) mass is 268 g/mol. The topological polar surface area (TPSA) is 74.6 Å². The predicted octanol–water partition coefficient (Wildman–Crippen LogP) is 0.949. The quantitative estimate of drug-likeness (QED) is 0.654. The van der Waals surface area contributed by atoms with Crippen molar-refractivity contribution in [1.29, 1.82) is 0 Å². The molecule has 0 aliphatic carbocycles. The number of aliphatic hydroxyl groups excluding tert-OH is 2. The first kappa shape index (κ1) is 15.9. The molecule has 0 spiro atoms. The van der Waals surface area contributed by atoms with Crippen LogP contribution in [0.2, 0.25) is 0 Å². The zero-order valence-electron chi connectivity index (χ0n) is 11.9. The molecule has 0 fully saturated rings. The molecule has 0 aliphatic heterocycles. The van der Waals surface area contributed by atoms with Crippen LogP contribution in [0.5, 0.6) is 5.88 Å². The van der Waals surface area contributed by atoms with Gasteiger partial charge in [0.1, 0.15) is 0 Å². The summed E-state index contributed by atoms with van der Waals surface area (Å²) in [5, 5.41) is 21.7. The van der Waals surface area contributed by atoms with Crippen LogP contribution in [0.4, 0.5) is 0 Å². The maximum absolute atomic E-state index is 9.22. The number of rotatable bonds is 8. The maximum atomic E-state index is 9.22. The molecule has 0 saturated heterocycles. The molecule has 1 aromatic rings. The van der Waals surface area contributed by atoms with Crippen molar-refractivity contribution < 1.29 is 14.9 Å².